The number of carboxylic acid groups (broad SMARTS) is 1. The summed E-state index contributed by atoms with van der Waals surface area (Å²) in [6, 6.07) is 2.66. The fraction of sp³-hybridized carbons (Fsp3) is 0.857. The van der Waals surface area contributed by atoms with Crippen molar-refractivity contribution in [2.75, 3.05) is 6.54 Å². The lowest BCUT2D eigenvalue weighted by Crippen LogP contribution is -2.32. The van der Waals surface area contributed by atoms with Crippen LogP contribution in [0.1, 0.15) is 52.4 Å². The minimum Gasteiger partial charge on any atom is -0.481 e. The summed E-state index contributed by atoms with van der Waals surface area (Å²) in [5, 5.41) is 21.0. The van der Waals surface area contributed by atoms with Crippen LogP contribution >= 0.6 is 0 Å². The molecule has 0 heterocycles. The van der Waals surface area contributed by atoms with Gasteiger partial charge in [-0.1, -0.05) is 13.3 Å². The zero-order chi connectivity index (χ0) is 13.6. The van der Waals surface area contributed by atoms with E-state index in [1.165, 1.54) is 0 Å². The first-order chi connectivity index (χ1) is 8.49. The van der Waals surface area contributed by atoms with E-state index in [0.717, 1.165) is 38.6 Å². The van der Waals surface area contributed by atoms with Crippen LogP contribution in [0, 0.1) is 22.7 Å². The fourth-order valence-corrected chi connectivity index (χ4v) is 2.11. The van der Waals surface area contributed by atoms with Gasteiger partial charge in [0.05, 0.1) is 12.0 Å². The van der Waals surface area contributed by atoms with Crippen molar-refractivity contribution in [2.24, 2.45) is 11.3 Å². The third-order valence-corrected chi connectivity index (χ3v) is 3.93. The quantitative estimate of drug-likeness (QED) is 0.661. The van der Waals surface area contributed by atoms with Gasteiger partial charge in [0.15, 0.2) is 0 Å². The molecule has 1 rings (SSSR count). The van der Waals surface area contributed by atoms with Crippen molar-refractivity contribution in [1.29, 1.82) is 5.26 Å². The van der Waals surface area contributed by atoms with Gasteiger partial charge in [-0.2, -0.15) is 5.26 Å². The lowest BCUT2D eigenvalue weighted by Gasteiger charge is -2.18. The number of hydrogen-bond donors (Lipinski definition) is 2. The van der Waals surface area contributed by atoms with Gasteiger partial charge in [0.25, 0.3) is 0 Å². The van der Waals surface area contributed by atoms with E-state index in [0.29, 0.717) is 12.5 Å². The van der Waals surface area contributed by atoms with Crippen molar-refractivity contribution in [3.8, 4) is 6.07 Å². The molecule has 2 atom stereocenters. The van der Waals surface area contributed by atoms with Crippen molar-refractivity contribution in [3.63, 3.8) is 0 Å². The van der Waals surface area contributed by atoms with Gasteiger partial charge in [-0.05, 0) is 38.0 Å². The molecule has 1 fully saturated rings. The van der Waals surface area contributed by atoms with Gasteiger partial charge in [0.1, 0.15) is 0 Å². The normalized spacial score (nSPS) is 19.8. The second-order valence-electron chi connectivity index (χ2n) is 5.79. The van der Waals surface area contributed by atoms with Gasteiger partial charge in [-0.25, -0.2) is 0 Å². The van der Waals surface area contributed by atoms with Crippen LogP contribution in [-0.2, 0) is 4.79 Å². The molecule has 0 radical (unpaired) electrons. The third-order valence-electron chi connectivity index (χ3n) is 3.93. The molecule has 2 N–H and O–H groups in total. The molecule has 102 valence electrons. The van der Waals surface area contributed by atoms with Crippen LogP contribution in [0.3, 0.4) is 0 Å². The van der Waals surface area contributed by atoms with Crippen LogP contribution in [0.2, 0.25) is 0 Å². The summed E-state index contributed by atoms with van der Waals surface area (Å²) >= 11 is 0. The molecular weight excluding hydrogens is 228 g/mol. The van der Waals surface area contributed by atoms with E-state index >= 15 is 0 Å². The SMILES string of the molecule is CC(CCCC(C)C(=O)O)NCC1(CC#N)CC1. The number of rotatable bonds is 9. The van der Waals surface area contributed by atoms with E-state index in [4.69, 9.17) is 10.4 Å². The largest absolute Gasteiger partial charge is 0.481 e. The summed E-state index contributed by atoms with van der Waals surface area (Å²) in [7, 11) is 0. The Morgan fingerprint density at radius 1 is 1.44 bits per heavy atom. The van der Waals surface area contributed by atoms with E-state index in [1.54, 1.807) is 6.92 Å². The van der Waals surface area contributed by atoms with Crippen molar-refractivity contribution in [1.82, 2.24) is 5.32 Å². The smallest absolute Gasteiger partial charge is 0.306 e. The number of nitrogens with one attached hydrogen (secondary N) is 1. The Bertz CT molecular complexity index is 318. The average molecular weight is 252 g/mol. The fourth-order valence-electron chi connectivity index (χ4n) is 2.11. The number of nitrogens with zero attached hydrogens (tertiary/aromatic N) is 1. The summed E-state index contributed by atoms with van der Waals surface area (Å²) in [5.74, 6) is -0.952. The van der Waals surface area contributed by atoms with E-state index in [-0.39, 0.29) is 11.3 Å². The highest BCUT2D eigenvalue weighted by Gasteiger charge is 2.42. The molecule has 0 spiro atoms. The Morgan fingerprint density at radius 3 is 2.61 bits per heavy atom. The predicted molar refractivity (Wildman–Crippen MR) is 70.0 cm³/mol. The number of carboxylic acids is 1. The minimum absolute atomic E-state index is 0.245. The molecule has 4 heteroatoms. The number of nitriles is 1. The van der Waals surface area contributed by atoms with Gasteiger partial charge in [-0.3, -0.25) is 4.79 Å². The van der Waals surface area contributed by atoms with Gasteiger partial charge in [0.2, 0.25) is 0 Å². The Morgan fingerprint density at radius 2 is 2.11 bits per heavy atom. The van der Waals surface area contributed by atoms with Gasteiger partial charge >= 0.3 is 5.97 Å². The topological polar surface area (TPSA) is 73.1 Å². The van der Waals surface area contributed by atoms with E-state index in [1.807, 2.05) is 0 Å². The minimum atomic E-state index is -0.707. The zero-order valence-electron chi connectivity index (χ0n) is 11.4. The van der Waals surface area contributed by atoms with Gasteiger partial charge in [-0.15, -0.1) is 0 Å². The second kappa shape index (κ2) is 6.75. The highest BCUT2D eigenvalue weighted by atomic mass is 16.4. The highest BCUT2D eigenvalue weighted by Crippen LogP contribution is 2.47. The van der Waals surface area contributed by atoms with E-state index < -0.39 is 5.97 Å². The van der Waals surface area contributed by atoms with Crippen molar-refractivity contribution in [3.05, 3.63) is 0 Å². The molecule has 0 aliphatic heterocycles. The summed E-state index contributed by atoms with van der Waals surface area (Å²) < 4.78 is 0. The lowest BCUT2D eigenvalue weighted by atomic mass is 10.0. The monoisotopic (exact) mass is 252 g/mol. The van der Waals surface area contributed by atoms with Gasteiger partial charge < -0.3 is 10.4 Å². The summed E-state index contributed by atoms with van der Waals surface area (Å²) in [6.45, 7) is 4.82. The summed E-state index contributed by atoms with van der Waals surface area (Å²) in [6.07, 6.45) is 5.66. The van der Waals surface area contributed by atoms with E-state index in [2.05, 4.69) is 18.3 Å². The number of hydrogen-bond acceptors (Lipinski definition) is 3. The Balaban J connectivity index is 2.09. The molecule has 0 aromatic carbocycles. The molecule has 0 saturated heterocycles. The molecule has 1 aliphatic rings. The predicted octanol–water partition coefficient (Wildman–Crippen LogP) is 2.55. The zero-order valence-corrected chi connectivity index (χ0v) is 11.4. The molecule has 1 aliphatic carbocycles. The van der Waals surface area contributed by atoms with Crippen LogP contribution in [0.25, 0.3) is 0 Å². The molecule has 0 bridgehead atoms. The molecule has 4 nitrogen and oxygen atoms in total. The van der Waals surface area contributed by atoms with Crippen LogP contribution in [0.4, 0.5) is 0 Å². The van der Waals surface area contributed by atoms with Gasteiger partial charge in [0, 0.05) is 19.0 Å². The van der Waals surface area contributed by atoms with E-state index in [9.17, 15) is 4.79 Å². The molecule has 0 aromatic heterocycles. The van der Waals surface area contributed by atoms with Crippen LogP contribution in [0.5, 0.6) is 0 Å². The third kappa shape index (κ3) is 5.05. The average Bonchev–Trinajstić information content (AvgIpc) is 3.07. The standard InChI is InChI=1S/C14H24N2O2/c1-11(13(17)18)4-3-5-12(2)16-10-14(6-7-14)8-9-15/h11-12,16H,3-8,10H2,1-2H3,(H,17,18). The first kappa shape index (κ1) is 15.0. The Labute approximate surface area is 109 Å². The maximum absolute atomic E-state index is 10.7. The molecular formula is C14H24N2O2. The first-order valence-corrected chi connectivity index (χ1v) is 6.82. The maximum atomic E-state index is 10.7. The summed E-state index contributed by atoms with van der Waals surface area (Å²) in [4.78, 5) is 10.7. The molecule has 0 aromatic rings. The first-order valence-electron chi connectivity index (χ1n) is 6.82. The summed E-state index contributed by atoms with van der Waals surface area (Å²) in [5.41, 5.74) is 0.247. The maximum Gasteiger partial charge on any atom is 0.306 e. The molecule has 18 heavy (non-hydrogen) atoms. The lowest BCUT2D eigenvalue weighted by molar-refractivity contribution is -0.141. The van der Waals surface area contributed by atoms with Crippen LogP contribution in [0.15, 0.2) is 0 Å². The number of carbonyl (C=O) groups is 1. The highest BCUT2D eigenvalue weighted by molar-refractivity contribution is 5.69. The van der Waals surface area contributed by atoms with Crippen LogP contribution in [-0.4, -0.2) is 23.7 Å². The van der Waals surface area contributed by atoms with Crippen molar-refractivity contribution < 1.29 is 9.90 Å². The Hall–Kier alpha value is -1.08. The van der Waals surface area contributed by atoms with Crippen molar-refractivity contribution in [2.45, 2.75) is 58.4 Å². The Kier molecular flexibility index (Phi) is 5.61. The molecule has 0 amide bonds. The molecule has 2 unspecified atom stereocenters. The number of aliphatic carboxylic acids is 1. The van der Waals surface area contributed by atoms with Crippen molar-refractivity contribution >= 4 is 5.97 Å². The molecule has 1 saturated carbocycles. The second-order valence-corrected chi connectivity index (χ2v) is 5.79. The van der Waals surface area contributed by atoms with Crippen LogP contribution < -0.4 is 5.32 Å².